The summed E-state index contributed by atoms with van der Waals surface area (Å²) in [4.78, 5) is 27.4. The van der Waals surface area contributed by atoms with Gasteiger partial charge in [-0.15, -0.1) is 11.8 Å². The number of hydrogen-bond acceptors (Lipinski definition) is 3. The van der Waals surface area contributed by atoms with E-state index >= 15 is 0 Å². The monoisotopic (exact) mass is 466 g/mol. The van der Waals surface area contributed by atoms with Crippen molar-refractivity contribution >= 4 is 46.8 Å². The van der Waals surface area contributed by atoms with Crippen LogP contribution in [0.1, 0.15) is 38.8 Å². The van der Waals surface area contributed by atoms with Gasteiger partial charge in [-0.2, -0.15) is 0 Å². The molecular weight excluding hydrogens is 439 g/mol. The molecule has 0 saturated heterocycles. The van der Waals surface area contributed by atoms with E-state index in [1.54, 1.807) is 24.0 Å². The fraction of sp³-hybridized carbons (Fsp3) is 0.391. The number of nitrogens with zero attached hydrogens (tertiary/aromatic N) is 1. The van der Waals surface area contributed by atoms with Crippen molar-refractivity contribution in [2.24, 2.45) is 0 Å². The maximum atomic E-state index is 13.1. The van der Waals surface area contributed by atoms with E-state index in [0.29, 0.717) is 22.3 Å². The van der Waals surface area contributed by atoms with Crippen molar-refractivity contribution in [2.45, 2.75) is 51.6 Å². The molecule has 162 valence electrons. The van der Waals surface area contributed by atoms with Crippen molar-refractivity contribution in [1.29, 1.82) is 0 Å². The molecule has 1 atom stereocenters. The number of benzene rings is 2. The van der Waals surface area contributed by atoms with Gasteiger partial charge in [-0.1, -0.05) is 59.6 Å². The standard InChI is InChI=1S/C23H28Cl2N2O2S/c1-16(22(29)26-23(2,3)4)27(13-17-8-6-5-7-9-17)21(28)15-30-14-18-10-11-19(24)12-20(18)25/h5-12,16H,13-15H2,1-4H3,(H,26,29)/t16-/m1/s1. The second-order valence-electron chi connectivity index (χ2n) is 8.15. The van der Waals surface area contributed by atoms with Crippen LogP contribution in [0.4, 0.5) is 0 Å². The van der Waals surface area contributed by atoms with Gasteiger partial charge in [0.1, 0.15) is 6.04 Å². The molecule has 0 aliphatic carbocycles. The smallest absolute Gasteiger partial charge is 0.242 e. The van der Waals surface area contributed by atoms with Crippen LogP contribution in [0.3, 0.4) is 0 Å². The van der Waals surface area contributed by atoms with Crippen molar-refractivity contribution in [2.75, 3.05) is 5.75 Å². The number of rotatable bonds is 8. The number of amides is 2. The van der Waals surface area contributed by atoms with E-state index in [1.807, 2.05) is 57.2 Å². The second kappa shape index (κ2) is 11.1. The molecule has 2 aromatic rings. The first-order valence-electron chi connectivity index (χ1n) is 9.74. The molecule has 30 heavy (non-hydrogen) atoms. The number of thioether (sulfide) groups is 1. The lowest BCUT2D eigenvalue weighted by Gasteiger charge is -2.31. The van der Waals surface area contributed by atoms with Gasteiger partial charge < -0.3 is 10.2 Å². The van der Waals surface area contributed by atoms with Crippen LogP contribution in [0.2, 0.25) is 10.0 Å². The predicted octanol–water partition coefficient (Wildman–Crippen LogP) is 5.56. The van der Waals surface area contributed by atoms with Crippen LogP contribution in [0.15, 0.2) is 48.5 Å². The Morgan fingerprint density at radius 3 is 2.37 bits per heavy atom. The van der Waals surface area contributed by atoms with Crippen LogP contribution in [0.25, 0.3) is 0 Å². The first-order valence-corrected chi connectivity index (χ1v) is 11.6. The van der Waals surface area contributed by atoms with Crippen molar-refractivity contribution in [3.8, 4) is 0 Å². The molecule has 0 saturated carbocycles. The van der Waals surface area contributed by atoms with E-state index in [9.17, 15) is 9.59 Å². The van der Waals surface area contributed by atoms with Crippen LogP contribution in [0.5, 0.6) is 0 Å². The summed E-state index contributed by atoms with van der Waals surface area (Å²) >= 11 is 13.6. The van der Waals surface area contributed by atoms with Gasteiger partial charge in [0.2, 0.25) is 11.8 Å². The Hall–Kier alpha value is -1.69. The zero-order valence-corrected chi connectivity index (χ0v) is 20.1. The van der Waals surface area contributed by atoms with Crippen LogP contribution < -0.4 is 5.32 Å². The Bertz CT molecular complexity index is 869. The summed E-state index contributed by atoms with van der Waals surface area (Å²) in [5.41, 5.74) is 1.53. The molecule has 2 rings (SSSR count). The summed E-state index contributed by atoms with van der Waals surface area (Å²) in [6, 6.07) is 14.4. The Kier molecular flexibility index (Phi) is 9.08. The van der Waals surface area contributed by atoms with Gasteiger partial charge >= 0.3 is 0 Å². The number of nitrogens with one attached hydrogen (secondary N) is 1. The molecule has 1 N–H and O–H groups in total. The van der Waals surface area contributed by atoms with Gasteiger partial charge in [0.15, 0.2) is 0 Å². The Balaban J connectivity index is 2.08. The molecule has 2 aromatic carbocycles. The molecule has 2 amide bonds. The topological polar surface area (TPSA) is 49.4 Å². The minimum Gasteiger partial charge on any atom is -0.350 e. The van der Waals surface area contributed by atoms with E-state index < -0.39 is 6.04 Å². The first kappa shape index (κ1) is 24.6. The highest BCUT2D eigenvalue weighted by Gasteiger charge is 2.28. The average molecular weight is 467 g/mol. The van der Waals surface area contributed by atoms with Gasteiger partial charge in [0.25, 0.3) is 0 Å². The Morgan fingerprint density at radius 1 is 1.10 bits per heavy atom. The molecule has 0 heterocycles. The van der Waals surface area contributed by atoms with Gasteiger partial charge in [0.05, 0.1) is 5.75 Å². The number of halogens is 2. The van der Waals surface area contributed by atoms with Crippen molar-refractivity contribution < 1.29 is 9.59 Å². The SMILES string of the molecule is C[C@H](C(=O)NC(C)(C)C)N(Cc1ccccc1)C(=O)CSCc1ccc(Cl)cc1Cl. The Labute approximate surface area is 193 Å². The lowest BCUT2D eigenvalue weighted by atomic mass is 10.1. The highest BCUT2D eigenvalue weighted by molar-refractivity contribution is 7.99. The molecule has 0 unspecified atom stereocenters. The average Bonchev–Trinajstić information content (AvgIpc) is 2.66. The van der Waals surface area contributed by atoms with Gasteiger partial charge in [-0.05, 0) is 51.0 Å². The number of carbonyl (C=O) groups excluding carboxylic acids is 2. The highest BCUT2D eigenvalue weighted by Crippen LogP contribution is 2.25. The maximum Gasteiger partial charge on any atom is 0.242 e. The summed E-state index contributed by atoms with van der Waals surface area (Å²) < 4.78 is 0. The third kappa shape index (κ3) is 7.86. The van der Waals surface area contributed by atoms with E-state index in [1.165, 1.54) is 11.8 Å². The molecule has 0 radical (unpaired) electrons. The van der Waals surface area contributed by atoms with E-state index in [-0.39, 0.29) is 23.1 Å². The summed E-state index contributed by atoms with van der Waals surface area (Å²) in [6.07, 6.45) is 0. The second-order valence-corrected chi connectivity index (χ2v) is 9.98. The molecule has 4 nitrogen and oxygen atoms in total. The number of hydrogen-bond donors (Lipinski definition) is 1. The summed E-state index contributed by atoms with van der Waals surface area (Å²) in [5.74, 6) is 0.575. The Morgan fingerprint density at radius 2 is 1.77 bits per heavy atom. The lowest BCUT2D eigenvalue weighted by molar-refractivity contribution is -0.139. The third-order valence-electron chi connectivity index (χ3n) is 4.36. The van der Waals surface area contributed by atoms with Crippen molar-refractivity contribution in [3.63, 3.8) is 0 Å². The summed E-state index contributed by atoms with van der Waals surface area (Å²) in [6.45, 7) is 7.91. The number of carbonyl (C=O) groups is 2. The lowest BCUT2D eigenvalue weighted by Crippen LogP contribution is -2.52. The van der Waals surface area contributed by atoms with E-state index in [4.69, 9.17) is 23.2 Å². The summed E-state index contributed by atoms with van der Waals surface area (Å²) in [5, 5.41) is 4.13. The largest absolute Gasteiger partial charge is 0.350 e. The fourth-order valence-electron chi connectivity index (χ4n) is 2.81. The molecule has 0 aromatic heterocycles. The predicted molar refractivity (Wildman–Crippen MR) is 127 cm³/mol. The minimum absolute atomic E-state index is 0.0921. The van der Waals surface area contributed by atoms with Gasteiger partial charge in [-0.3, -0.25) is 9.59 Å². The molecule has 0 aliphatic rings. The maximum absolute atomic E-state index is 13.1. The van der Waals surface area contributed by atoms with Gasteiger partial charge in [-0.25, -0.2) is 0 Å². The molecule has 0 spiro atoms. The molecule has 0 bridgehead atoms. The highest BCUT2D eigenvalue weighted by atomic mass is 35.5. The van der Waals surface area contributed by atoms with Crippen LogP contribution in [0, 0.1) is 0 Å². The summed E-state index contributed by atoms with van der Waals surface area (Å²) in [7, 11) is 0. The van der Waals surface area contributed by atoms with Crippen molar-refractivity contribution in [3.05, 3.63) is 69.7 Å². The van der Waals surface area contributed by atoms with E-state index in [0.717, 1.165) is 11.1 Å². The fourth-order valence-corrected chi connectivity index (χ4v) is 4.28. The first-order chi connectivity index (χ1) is 14.1. The van der Waals surface area contributed by atoms with Crippen LogP contribution in [-0.4, -0.2) is 34.0 Å². The molecule has 7 heteroatoms. The van der Waals surface area contributed by atoms with Crippen LogP contribution in [-0.2, 0) is 21.9 Å². The minimum atomic E-state index is -0.586. The van der Waals surface area contributed by atoms with E-state index in [2.05, 4.69) is 5.32 Å². The molecular formula is C23H28Cl2N2O2S. The quantitative estimate of drug-likeness (QED) is 0.553. The van der Waals surface area contributed by atoms with Crippen molar-refractivity contribution in [1.82, 2.24) is 10.2 Å². The molecule has 0 aliphatic heterocycles. The van der Waals surface area contributed by atoms with Crippen LogP contribution >= 0.6 is 35.0 Å². The normalized spacial score (nSPS) is 12.3. The third-order valence-corrected chi connectivity index (χ3v) is 5.91. The zero-order valence-electron chi connectivity index (χ0n) is 17.7. The van der Waals surface area contributed by atoms with Gasteiger partial charge in [0, 0.05) is 27.9 Å². The zero-order chi connectivity index (χ0) is 22.3. The molecule has 0 fully saturated rings.